The Labute approximate surface area is 108 Å². The number of halogens is 1. The van der Waals surface area contributed by atoms with Crippen molar-refractivity contribution in [3.63, 3.8) is 0 Å². The molecule has 2 nitrogen and oxygen atoms in total. The molecule has 0 aliphatic rings. The lowest BCUT2D eigenvalue weighted by molar-refractivity contribution is 0.526. The van der Waals surface area contributed by atoms with Gasteiger partial charge in [-0.15, -0.1) is 22.7 Å². The van der Waals surface area contributed by atoms with Crippen molar-refractivity contribution in [1.82, 2.24) is 5.43 Å². The molecule has 2 rings (SSSR count). The van der Waals surface area contributed by atoms with Crippen LogP contribution < -0.4 is 11.3 Å². The zero-order chi connectivity index (χ0) is 11.4. The fourth-order valence-electron chi connectivity index (χ4n) is 1.56. The molecule has 0 radical (unpaired) electrons. The van der Waals surface area contributed by atoms with Crippen LogP contribution in [-0.2, 0) is 6.42 Å². The molecule has 2 aromatic rings. The van der Waals surface area contributed by atoms with E-state index in [1.54, 1.807) is 22.7 Å². The summed E-state index contributed by atoms with van der Waals surface area (Å²) in [4.78, 5) is 2.59. The Hall–Kier alpha value is -0.390. The third-order valence-corrected chi connectivity index (χ3v) is 4.68. The number of rotatable bonds is 5. The summed E-state index contributed by atoms with van der Waals surface area (Å²) in [7, 11) is 0. The molecule has 16 heavy (non-hydrogen) atoms. The zero-order valence-corrected chi connectivity index (χ0v) is 11.0. The lowest BCUT2D eigenvalue weighted by Gasteiger charge is -2.13. The number of hydrazine groups is 1. The van der Waals surface area contributed by atoms with Gasteiger partial charge in [-0.1, -0.05) is 17.7 Å². The topological polar surface area (TPSA) is 38.0 Å². The highest BCUT2D eigenvalue weighted by molar-refractivity contribution is 7.16. The largest absolute Gasteiger partial charge is 0.271 e. The quantitative estimate of drug-likeness (QED) is 0.645. The number of nitrogens with one attached hydrogen (secondary N) is 1. The average Bonchev–Trinajstić information content (AvgIpc) is 2.91. The third kappa shape index (κ3) is 3.06. The molecule has 1 atom stereocenters. The second kappa shape index (κ2) is 5.80. The molecular formula is C11H13ClN2S2. The molecule has 5 heteroatoms. The Morgan fingerprint density at radius 2 is 2.25 bits per heavy atom. The molecule has 2 aromatic heterocycles. The van der Waals surface area contributed by atoms with E-state index >= 15 is 0 Å². The maximum Gasteiger partial charge on any atom is 0.0931 e. The minimum absolute atomic E-state index is 0.194. The maximum atomic E-state index is 5.91. The monoisotopic (exact) mass is 272 g/mol. The van der Waals surface area contributed by atoms with Crippen molar-refractivity contribution in [2.24, 2.45) is 5.84 Å². The van der Waals surface area contributed by atoms with E-state index in [1.807, 2.05) is 12.1 Å². The molecule has 0 fully saturated rings. The fourth-order valence-corrected chi connectivity index (χ4v) is 3.45. The predicted molar refractivity (Wildman–Crippen MR) is 72.0 cm³/mol. The number of hydrogen-bond donors (Lipinski definition) is 2. The van der Waals surface area contributed by atoms with Crippen molar-refractivity contribution in [1.29, 1.82) is 0 Å². The predicted octanol–water partition coefficient (Wildman–Crippen LogP) is 3.60. The molecule has 86 valence electrons. The molecule has 0 bridgehead atoms. The van der Waals surface area contributed by atoms with E-state index in [9.17, 15) is 0 Å². The lowest BCUT2D eigenvalue weighted by Crippen LogP contribution is -2.27. The highest BCUT2D eigenvalue weighted by Crippen LogP contribution is 2.29. The number of nitrogens with two attached hydrogens (primary N) is 1. The maximum absolute atomic E-state index is 5.91. The van der Waals surface area contributed by atoms with E-state index < -0.39 is 0 Å². The van der Waals surface area contributed by atoms with Crippen molar-refractivity contribution < 1.29 is 0 Å². The first-order valence-corrected chi connectivity index (χ1v) is 7.11. The molecule has 0 amide bonds. The lowest BCUT2D eigenvalue weighted by atomic mass is 10.1. The van der Waals surface area contributed by atoms with Gasteiger partial charge in [0.2, 0.25) is 0 Å². The Morgan fingerprint density at radius 3 is 2.81 bits per heavy atom. The van der Waals surface area contributed by atoms with Gasteiger partial charge in [0.25, 0.3) is 0 Å². The molecule has 0 aliphatic heterocycles. The van der Waals surface area contributed by atoms with Gasteiger partial charge in [0.05, 0.1) is 10.4 Å². The van der Waals surface area contributed by atoms with E-state index in [0.717, 1.165) is 17.2 Å². The molecule has 0 spiro atoms. The van der Waals surface area contributed by atoms with Crippen LogP contribution in [0.4, 0.5) is 0 Å². The van der Waals surface area contributed by atoms with Crippen LogP contribution in [0.5, 0.6) is 0 Å². The standard InChI is InChI=1S/C11H13ClN2S2/c12-11-6-5-10(16-11)9(14-13)4-3-8-2-1-7-15-8/h1-2,5-7,9,14H,3-4,13H2. The molecule has 0 aliphatic carbocycles. The van der Waals surface area contributed by atoms with E-state index in [0.29, 0.717) is 0 Å². The van der Waals surface area contributed by atoms with Crippen LogP contribution >= 0.6 is 34.3 Å². The second-order valence-corrected chi connectivity index (χ2v) is 6.26. The summed E-state index contributed by atoms with van der Waals surface area (Å²) < 4.78 is 0.811. The van der Waals surface area contributed by atoms with Crippen molar-refractivity contribution in [2.45, 2.75) is 18.9 Å². The smallest absolute Gasteiger partial charge is 0.0931 e. The summed E-state index contributed by atoms with van der Waals surface area (Å²) in [6.07, 6.45) is 2.04. The van der Waals surface area contributed by atoms with Gasteiger partial charge in [-0.3, -0.25) is 11.3 Å². The molecule has 2 heterocycles. The summed E-state index contributed by atoms with van der Waals surface area (Å²) in [5, 5.41) is 2.10. The molecule has 3 N–H and O–H groups in total. The summed E-state index contributed by atoms with van der Waals surface area (Å²) >= 11 is 9.28. The van der Waals surface area contributed by atoms with Crippen LogP contribution in [0.15, 0.2) is 29.6 Å². The average molecular weight is 273 g/mol. The number of hydrogen-bond acceptors (Lipinski definition) is 4. The summed E-state index contributed by atoms with van der Waals surface area (Å²) in [6, 6.07) is 8.37. The molecule has 0 saturated heterocycles. The van der Waals surface area contributed by atoms with Gasteiger partial charge in [0.15, 0.2) is 0 Å². The molecule has 0 aromatic carbocycles. The van der Waals surface area contributed by atoms with Crippen molar-refractivity contribution >= 4 is 34.3 Å². The highest BCUT2D eigenvalue weighted by Gasteiger charge is 2.12. The summed E-state index contributed by atoms with van der Waals surface area (Å²) in [6.45, 7) is 0. The Morgan fingerprint density at radius 1 is 1.38 bits per heavy atom. The van der Waals surface area contributed by atoms with Crippen LogP contribution in [0.3, 0.4) is 0 Å². The van der Waals surface area contributed by atoms with Crippen LogP contribution in [0.25, 0.3) is 0 Å². The first kappa shape index (κ1) is 12.1. The van der Waals surface area contributed by atoms with Gasteiger partial charge >= 0.3 is 0 Å². The zero-order valence-electron chi connectivity index (χ0n) is 8.65. The normalized spacial score (nSPS) is 12.9. The van der Waals surface area contributed by atoms with Crippen LogP contribution in [0.2, 0.25) is 4.34 Å². The fraction of sp³-hybridized carbons (Fsp3) is 0.273. The van der Waals surface area contributed by atoms with Gasteiger partial charge in [-0.2, -0.15) is 0 Å². The van der Waals surface area contributed by atoms with Gasteiger partial charge < -0.3 is 0 Å². The number of aryl methyl sites for hydroxylation is 1. The second-order valence-electron chi connectivity index (χ2n) is 3.48. The third-order valence-electron chi connectivity index (χ3n) is 2.40. The van der Waals surface area contributed by atoms with Crippen LogP contribution in [0.1, 0.15) is 22.2 Å². The number of thiophene rings is 2. The first-order chi connectivity index (χ1) is 7.79. The van der Waals surface area contributed by atoms with Gasteiger partial charge in [0, 0.05) is 9.75 Å². The summed E-state index contributed by atoms with van der Waals surface area (Å²) in [5.74, 6) is 5.57. The van der Waals surface area contributed by atoms with Gasteiger partial charge in [0.1, 0.15) is 0 Å². The highest BCUT2D eigenvalue weighted by atomic mass is 35.5. The van der Waals surface area contributed by atoms with E-state index in [-0.39, 0.29) is 6.04 Å². The van der Waals surface area contributed by atoms with Crippen molar-refractivity contribution in [3.8, 4) is 0 Å². The van der Waals surface area contributed by atoms with Crippen molar-refractivity contribution in [2.75, 3.05) is 0 Å². The molecular weight excluding hydrogens is 260 g/mol. The minimum atomic E-state index is 0.194. The molecule has 1 unspecified atom stereocenters. The van der Waals surface area contributed by atoms with Crippen LogP contribution in [0, 0.1) is 0 Å². The van der Waals surface area contributed by atoms with Gasteiger partial charge in [-0.25, -0.2) is 0 Å². The SMILES string of the molecule is NNC(CCc1cccs1)c1ccc(Cl)s1. The minimum Gasteiger partial charge on any atom is -0.271 e. The van der Waals surface area contributed by atoms with Gasteiger partial charge in [-0.05, 0) is 36.4 Å². The van der Waals surface area contributed by atoms with E-state index in [4.69, 9.17) is 17.4 Å². The van der Waals surface area contributed by atoms with Crippen LogP contribution in [-0.4, -0.2) is 0 Å². The Bertz CT molecular complexity index is 425. The molecule has 0 saturated carbocycles. The van der Waals surface area contributed by atoms with E-state index in [1.165, 1.54) is 9.75 Å². The van der Waals surface area contributed by atoms with E-state index in [2.05, 4.69) is 22.9 Å². The first-order valence-electron chi connectivity index (χ1n) is 5.03. The Balaban J connectivity index is 1.96. The Kier molecular flexibility index (Phi) is 4.37. The van der Waals surface area contributed by atoms with Crippen molar-refractivity contribution in [3.05, 3.63) is 43.7 Å². The summed E-state index contributed by atoms with van der Waals surface area (Å²) in [5.41, 5.74) is 2.85.